The molecule has 2 aliphatic heterocycles. The van der Waals surface area contributed by atoms with Gasteiger partial charge in [0.25, 0.3) is 0 Å². The number of methoxy groups -OCH3 is 1. The van der Waals surface area contributed by atoms with Crippen molar-refractivity contribution < 1.29 is 14.2 Å². The lowest BCUT2D eigenvalue weighted by Crippen LogP contribution is -2.42. The average Bonchev–Trinajstić information content (AvgIpc) is 3.42. The first-order chi connectivity index (χ1) is 15.3. The monoisotopic (exact) mass is 419 g/mol. The van der Waals surface area contributed by atoms with Gasteiger partial charge in [0.15, 0.2) is 0 Å². The number of benzene rings is 1. The van der Waals surface area contributed by atoms with E-state index >= 15 is 0 Å². The van der Waals surface area contributed by atoms with Gasteiger partial charge in [-0.3, -0.25) is 4.98 Å². The van der Waals surface area contributed by atoms with E-state index in [1.807, 2.05) is 48.5 Å². The second-order valence-corrected chi connectivity index (χ2v) is 7.65. The number of aromatic nitrogens is 3. The van der Waals surface area contributed by atoms with E-state index in [1.54, 1.807) is 19.5 Å². The quantitative estimate of drug-likeness (QED) is 0.603. The summed E-state index contributed by atoms with van der Waals surface area (Å²) in [6.07, 6.45) is 3.51. The maximum atomic E-state index is 6.06. The van der Waals surface area contributed by atoms with E-state index in [0.29, 0.717) is 25.7 Å². The van der Waals surface area contributed by atoms with E-state index in [-0.39, 0.29) is 24.3 Å². The van der Waals surface area contributed by atoms with Gasteiger partial charge in [-0.25, -0.2) is 9.97 Å². The highest BCUT2D eigenvalue weighted by atomic mass is 16.6. The summed E-state index contributed by atoms with van der Waals surface area (Å²) in [6.45, 7) is 1.84. The fourth-order valence-corrected chi connectivity index (χ4v) is 4.05. The molecule has 2 saturated heterocycles. The Labute approximate surface area is 181 Å². The largest absolute Gasteiger partial charge is 0.497 e. The molecule has 0 radical (unpaired) electrons. The van der Waals surface area contributed by atoms with E-state index in [2.05, 4.69) is 25.6 Å². The predicted molar refractivity (Wildman–Crippen MR) is 116 cm³/mol. The van der Waals surface area contributed by atoms with Gasteiger partial charge in [-0.1, -0.05) is 6.07 Å². The molecule has 2 fully saturated rings. The molecule has 2 aliphatic rings. The number of fused-ring (bicyclic) bond motifs is 1. The predicted octanol–water partition coefficient (Wildman–Crippen LogP) is 2.28. The number of hydrogen-bond acceptors (Lipinski definition) is 8. The molecule has 0 saturated carbocycles. The molecule has 0 amide bonds. The standard InChI is InChI=1S/C23H25N5O3/c1-29-17-7-5-15(6-8-17)18-9-11-25-23(27-18)28-20-14-31-21-19(13-30-22(20)21)26-12-16-4-2-3-10-24-16/h2-11,19-22,26H,12-14H2,1H3,(H,25,27,28)/t19-,20+,21-,22+/m0/s1. The van der Waals surface area contributed by atoms with Crippen LogP contribution in [-0.2, 0) is 16.0 Å². The second kappa shape index (κ2) is 8.97. The van der Waals surface area contributed by atoms with Crippen LogP contribution < -0.4 is 15.4 Å². The first-order valence-corrected chi connectivity index (χ1v) is 10.4. The zero-order valence-corrected chi connectivity index (χ0v) is 17.3. The van der Waals surface area contributed by atoms with Crippen LogP contribution in [0.1, 0.15) is 5.69 Å². The highest BCUT2D eigenvalue weighted by Crippen LogP contribution is 2.29. The van der Waals surface area contributed by atoms with Gasteiger partial charge in [-0.05, 0) is 42.5 Å². The molecule has 2 N–H and O–H groups in total. The third kappa shape index (κ3) is 4.36. The van der Waals surface area contributed by atoms with Gasteiger partial charge in [0, 0.05) is 24.5 Å². The summed E-state index contributed by atoms with van der Waals surface area (Å²) >= 11 is 0. The van der Waals surface area contributed by atoms with Crippen molar-refractivity contribution in [1.29, 1.82) is 0 Å². The van der Waals surface area contributed by atoms with Crippen molar-refractivity contribution >= 4 is 5.95 Å². The van der Waals surface area contributed by atoms with Crippen LogP contribution in [0.15, 0.2) is 60.9 Å². The van der Waals surface area contributed by atoms with Gasteiger partial charge in [0.2, 0.25) is 5.95 Å². The zero-order chi connectivity index (χ0) is 21.0. The molecule has 160 valence electrons. The normalized spacial score (nSPS) is 24.7. The SMILES string of the molecule is COc1ccc(-c2ccnc(N[C@@H]3CO[C@@H]4[C@@H]3OC[C@@H]4NCc3ccccn3)n2)cc1. The van der Waals surface area contributed by atoms with E-state index in [0.717, 1.165) is 22.7 Å². The highest BCUT2D eigenvalue weighted by molar-refractivity contribution is 5.61. The summed E-state index contributed by atoms with van der Waals surface area (Å²) < 4.78 is 17.4. The van der Waals surface area contributed by atoms with Crippen molar-refractivity contribution in [3.8, 4) is 17.0 Å². The molecule has 4 atom stereocenters. The van der Waals surface area contributed by atoms with Gasteiger partial charge in [0.05, 0.1) is 43.8 Å². The van der Waals surface area contributed by atoms with E-state index < -0.39 is 0 Å². The molecule has 8 heteroatoms. The van der Waals surface area contributed by atoms with Crippen LogP contribution in [0.25, 0.3) is 11.3 Å². The van der Waals surface area contributed by atoms with Crippen molar-refractivity contribution in [3.05, 3.63) is 66.6 Å². The molecule has 2 aromatic heterocycles. The van der Waals surface area contributed by atoms with Gasteiger partial charge in [0.1, 0.15) is 18.0 Å². The zero-order valence-electron chi connectivity index (χ0n) is 17.3. The molecule has 31 heavy (non-hydrogen) atoms. The summed E-state index contributed by atoms with van der Waals surface area (Å²) in [7, 11) is 1.66. The van der Waals surface area contributed by atoms with Gasteiger partial charge >= 0.3 is 0 Å². The lowest BCUT2D eigenvalue weighted by molar-refractivity contribution is 0.0674. The van der Waals surface area contributed by atoms with Crippen molar-refractivity contribution in [3.63, 3.8) is 0 Å². The fraction of sp³-hybridized carbons (Fsp3) is 0.348. The highest BCUT2D eigenvalue weighted by Gasteiger charge is 2.47. The van der Waals surface area contributed by atoms with Crippen molar-refractivity contribution in [2.24, 2.45) is 0 Å². The Kier molecular flexibility index (Phi) is 5.75. The Bertz CT molecular complexity index is 1000. The maximum Gasteiger partial charge on any atom is 0.223 e. The third-order valence-corrected chi connectivity index (χ3v) is 5.68. The fourth-order valence-electron chi connectivity index (χ4n) is 4.05. The molecular formula is C23H25N5O3. The lowest BCUT2D eigenvalue weighted by atomic mass is 10.1. The van der Waals surface area contributed by atoms with Gasteiger partial charge < -0.3 is 24.8 Å². The third-order valence-electron chi connectivity index (χ3n) is 5.68. The summed E-state index contributed by atoms with van der Waals surface area (Å²) in [6, 6.07) is 15.7. The second-order valence-electron chi connectivity index (χ2n) is 7.65. The van der Waals surface area contributed by atoms with Crippen LogP contribution in [0.5, 0.6) is 5.75 Å². The topological polar surface area (TPSA) is 90.4 Å². The molecule has 0 aliphatic carbocycles. The minimum atomic E-state index is -0.0468. The van der Waals surface area contributed by atoms with Crippen LogP contribution in [0, 0.1) is 0 Å². The number of nitrogens with one attached hydrogen (secondary N) is 2. The Hall–Kier alpha value is -3.07. The van der Waals surface area contributed by atoms with Crippen LogP contribution >= 0.6 is 0 Å². The number of ether oxygens (including phenoxy) is 3. The number of pyridine rings is 1. The van der Waals surface area contributed by atoms with Crippen molar-refractivity contribution in [2.75, 3.05) is 25.6 Å². The van der Waals surface area contributed by atoms with E-state index in [9.17, 15) is 0 Å². The van der Waals surface area contributed by atoms with Crippen LogP contribution in [0.4, 0.5) is 5.95 Å². The van der Waals surface area contributed by atoms with E-state index in [1.165, 1.54) is 0 Å². The summed E-state index contributed by atoms with van der Waals surface area (Å²) in [5, 5.41) is 6.91. The number of hydrogen-bond donors (Lipinski definition) is 2. The smallest absolute Gasteiger partial charge is 0.223 e. The minimum absolute atomic E-state index is 0.00207. The molecule has 0 bridgehead atoms. The van der Waals surface area contributed by atoms with Crippen molar-refractivity contribution in [1.82, 2.24) is 20.3 Å². The Morgan fingerprint density at radius 1 is 0.935 bits per heavy atom. The number of nitrogens with zero attached hydrogens (tertiary/aromatic N) is 3. The Balaban J connectivity index is 1.21. The first kappa shape index (κ1) is 19.9. The van der Waals surface area contributed by atoms with Crippen LogP contribution in [0.2, 0.25) is 0 Å². The molecule has 5 rings (SSSR count). The maximum absolute atomic E-state index is 6.06. The molecule has 4 heterocycles. The van der Waals surface area contributed by atoms with E-state index in [4.69, 9.17) is 14.2 Å². The average molecular weight is 419 g/mol. The molecule has 1 aromatic carbocycles. The first-order valence-electron chi connectivity index (χ1n) is 10.4. The summed E-state index contributed by atoms with van der Waals surface area (Å²) in [5.74, 6) is 1.38. The minimum Gasteiger partial charge on any atom is -0.497 e. The number of anilines is 1. The number of rotatable bonds is 7. The van der Waals surface area contributed by atoms with Crippen LogP contribution in [-0.4, -0.2) is 59.6 Å². The summed E-state index contributed by atoms with van der Waals surface area (Å²) in [4.78, 5) is 13.4. The Morgan fingerprint density at radius 3 is 2.52 bits per heavy atom. The molecule has 3 aromatic rings. The molecule has 0 unspecified atom stereocenters. The van der Waals surface area contributed by atoms with Crippen LogP contribution in [0.3, 0.4) is 0 Å². The molecule has 8 nitrogen and oxygen atoms in total. The molecule has 0 spiro atoms. The summed E-state index contributed by atoms with van der Waals surface area (Å²) in [5.41, 5.74) is 2.85. The lowest BCUT2D eigenvalue weighted by Gasteiger charge is -2.18. The van der Waals surface area contributed by atoms with Gasteiger partial charge in [-0.15, -0.1) is 0 Å². The molecular weight excluding hydrogens is 394 g/mol. The Morgan fingerprint density at radius 2 is 1.74 bits per heavy atom. The van der Waals surface area contributed by atoms with Crippen molar-refractivity contribution in [2.45, 2.75) is 30.8 Å². The van der Waals surface area contributed by atoms with Gasteiger partial charge in [-0.2, -0.15) is 0 Å².